The van der Waals surface area contributed by atoms with Gasteiger partial charge in [-0.25, -0.2) is 4.98 Å². The minimum atomic E-state index is 0.587. The van der Waals surface area contributed by atoms with Gasteiger partial charge < -0.3 is 4.90 Å². The minimum absolute atomic E-state index is 0.587. The molecule has 2 saturated heterocycles. The predicted molar refractivity (Wildman–Crippen MR) is 88.8 cm³/mol. The van der Waals surface area contributed by atoms with Crippen LogP contribution in [0.3, 0.4) is 0 Å². The highest BCUT2D eigenvalue weighted by atomic mass is 15.2. The van der Waals surface area contributed by atoms with E-state index in [0.29, 0.717) is 6.04 Å². The number of aromatic nitrogens is 1. The van der Waals surface area contributed by atoms with E-state index < -0.39 is 0 Å². The van der Waals surface area contributed by atoms with Crippen molar-refractivity contribution in [3.8, 4) is 0 Å². The molecule has 0 saturated carbocycles. The molecule has 1 aromatic rings. The summed E-state index contributed by atoms with van der Waals surface area (Å²) in [5.74, 6) is 1.27. The van der Waals surface area contributed by atoms with E-state index >= 15 is 0 Å². The molecule has 3 nitrogen and oxygen atoms in total. The Kier molecular flexibility index (Phi) is 5.13. The van der Waals surface area contributed by atoms with Crippen molar-refractivity contribution in [2.75, 3.05) is 31.1 Å². The normalized spacial score (nSPS) is 24.2. The summed E-state index contributed by atoms with van der Waals surface area (Å²) in [5, 5.41) is 0. The summed E-state index contributed by atoms with van der Waals surface area (Å²) >= 11 is 0. The predicted octanol–water partition coefficient (Wildman–Crippen LogP) is 4.01. The Balaban J connectivity index is 1.85. The zero-order valence-corrected chi connectivity index (χ0v) is 13.4. The summed E-state index contributed by atoms with van der Waals surface area (Å²) in [7, 11) is 0. The molecule has 0 bridgehead atoms. The quantitative estimate of drug-likeness (QED) is 0.834. The Morgan fingerprint density at radius 3 is 2.71 bits per heavy atom. The summed E-state index contributed by atoms with van der Waals surface area (Å²) in [5.41, 5.74) is 1.48. The number of piperidine rings is 2. The minimum Gasteiger partial charge on any atom is -0.356 e. The van der Waals surface area contributed by atoms with Gasteiger partial charge in [0.25, 0.3) is 0 Å². The summed E-state index contributed by atoms with van der Waals surface area (Å²) in [6, 6.07) is 5.04. The lowest BCUT2D eigenvalue weighted by molar-refractivity contribution is 0.149. The first kappa shape index (κ1) is 14.8. The van der Waals surface area contributed by atoms with E-state index in [-0.39, 0.29) is 0 Å². The number of nitrogens with zero attached hydrogens (tertiary/aromatic N) is 3. The monoisotopic (exact) mass is 287 g/mol. The molecule has 1 atom stereocenters. The lowest BCUT2D eigenvalue weighted by Gasteiger charge is -2.38. The van der Waals surface area contributed by atoms with Crippen molar-refractivity contribution in [1.29, 1.82) is 0 Å². The molecule has 0 spiro atoms. The maximum Gasteiger partial charge on any atom is 0.133 e. The Hall–Kier alpha value is -1.09. The maximum atomic E-state index is 4.77. The van der Waals surface area contributed by atoms with Crippen LogP contribution in [0, 0.1) is 0 Å². The van der Waals surface area contributed by atoms with Crippen molar-refractivity contribution >= 4 is 5.82 Å². The molecular formula is C18H29N3. The van der Waals surface area contributed by atoms with Gasteiger partial charge >= 0.3 is 0 Å². The van der Waals surface area contributed by atoms with Crippen LogP contribution in [0.5, 0.6) is 0 Å². The largest absolute Gasteiger partial charge is 0.356 e. The van der Waals surface area contributed by atoms with Gasteiger partial charge in [0.05, 0.1) is 0 Å². The fourth-order valence-corrected chi connectivity index (χ4v) is 3.94. The highest BCUT2D eigenvalue weighted by Crippen LogP contribution is 2.36. The summed E-state index contributed by atoms with van der Waals surface area (Å²) < 4.78 is 0. The van der Waals surface area contributed by atoms with Crippen molar-refractivity contribution in [1.82, 2.24) is 9.88 Å². The van der Waals surface area contributed by atoms with Crippen molar-refractivity contribution in [2.24, 2.45) is 0 Å². The van der Waals surface area contributed by atoms with E-state index in [0.717, 1.165) is 0 Å². The topological polar surface area (TPSA) is 19.4 Å². The number of rotatable bonds is 4. The van der Waals surface area contributed by atoms with Crippen LogP contribution in [0.4, 0.5) is 5.82 Å². The lowest BCUT2D eigenvalue weighted by Crippen LogP contribution is -2.37. The van der Waals surface area contributed by atoms with Crippen LogP contribution in [0.1, 0.15) is 63.5 Å². The van der Waals surface area contributed by atoms with E-state index in [1.54, 1.807) is 0 Å². The second-order valence-electron chi connectivity index (χ2n) is 6.51. The van der Waals surface area contributed by atoms with Gasteiger partial charge in [0.2, 0.25) is 0 Å². The van der Waals surface area contributed by atoms with Crippen molar-refractivity contribution in [3.63, 3.8) is 0 Å². The molecule has 0 aliphatic carbocycles. The van der Waals surface area contributed by atoms with Crippen LogP contribution < -0.4 is 4.90 Å². The van der Waals surface area contributed by atoms with Gasteiger partial charge in [-0.1, -0.05) is 19.4 Å². The van der Waals surface area contributed by atoms with E-state index in [2.05, 4.69) is 28.9 Å². The van der Waals surface area contributed by atoms with Crippen molar-refractivity contribution in [3.05, 3.63) is 23.9 Å². The third-order valence-corrected chi connectivity index (χ3v) is 4.96. The molecule has 0 radical (unpaired) electrons. The molecule has 3 heteroatoms. The van der Waals surface area contributed by atoms with Crippen LogP contribution in [0.2, 0.25) is 0 Å². The number of pyridine rings is 1. The first-order valence-electron chi connectivity index (χ1n) is 8.84. The lowest BCUT2D eigenvalue weighted by atomic mass is 9.94. The summed E-state index contributed by atoms with van der Waals surface area (Å²) in [4.78, 5) is 9.99. The smallest absolute Gasteiger partial charge is 0.133 e. The Labute approximate surface area is 129 Å². The first-order chi connectivity index (χ1) is 10.4. The fraction of sp³-hybridized carbons (Fsp3) is 0.722. The van der Waals surface area contributed by atoms with Crippen molar-refractivity contribution in [2.45, 2.75) is 57.9 Å². The van der Waals surface area contributed by atoms with Gasteiger partial charge in [-0.15, -0.1) is 0 Å². The first-order valence-corrected chi connectivity index (χ1v) is 8.84. The van der Waals surface area contributed by atoms with Crippen LogP contribution in [-0.4, -0.2) is 36.1 Å². The molecule has 2 fully saturated rings. The Bertz CT molecular complexity index is 438. The number of likely N-dealkylation sites (tertiary alicyclic amines) is 1. The van der Waals surface area contributed by atoms with Gasteiger partial charge in [-0.05, 0) is 57.7 Å². The average Bonchev–Trinajstić information content (AvgIpc) is 2.57. The highest BCUT2D eigenvalue weighted by Gasteiger charge is 2.27. The van der Waals surface area contributed by atoms with Gasteiger partial charge in [-0.3, -0.25) is 4.90 Å². The Morgan fingerprint density at radius 2 is 1.90 bits per heavy atom. The third kappa shape index (κ3) is 3.39. The van der Waals surface area contributed by atoms with E-state index in [9.17, 15) is 0 Å². The number of hydrogen-bond acceptors (Lipinski definition) is 3. The third-order valence-electron chi connectivity index (χ3n) is 4.96. The summed E-state index contributed by atoms with van der Waals surface area (Å²) in [6.07, 6.45) is 11.3. The zero-order valence-electron chi connectivity index (χ0n) is 13.4. The second-order valence-corrected chi connectivity index (χ2v) is 6.51. The SMILES string of the molecule is CCCN1CCCC[C@H]1c1cccnc1N1CCCCC1. The highest BCUT2D eigenvalue weighted by molar-refractivity contribution is 5.49. The second kappa shape index (κ2) is 7.26. The van der Waals surface area contributed by atoms with Gasteiger partial charge in [0, 0.05) is 30.9 Å². The standard InChI is InChI=1S/C18H29N3/c1-2-12-20-13-7-4-10-17(20)16-9-8-11-19-18(16)21-14-5-3-6-15-21/h8-9,11,17H,2-7,10,12-15H2,1H3/t17-/m0/s1. The molecule has 0 amide bonds. The molecule has 3 heterocycles. The number of anilines is 1. The maximum absolute atomic E-state index is 4.77. The molecule has 0 unspecified atom stereocenters. The Morgan fingerprint density at radius 1 is 1.10 bits per heavy atom. The fourth-order valence-electron chi connectivity index (χ4n) is 3.94. The van der Waals surface area contributed by atoms with E-state index in [1.165, 1.54) is 82.5 Å². The van der Waals surface area contributed by atoms with E-state index in [4.69, 9.17) is 4.98 Å². The van der Waals surface area contributed by atoms with E-state index in [1.807, 2.05) is 6.20 Å². The molecule has 0 aromatic carbocycles. The summed E-state index contributed by atoms with van der Waals surface area (Å²) in [6.45, 7) is 7.14. The van der Waals surface area contributed by atoms with Crippen LogP contribution >= 0.6 is 0 Å². The zero-order chi connectivity index (χ0) is 14.5. The molecular weight excluding hydrogens is 258 g/mol. The van der Waals surface area contributed by atoms with Gasteiger partial charge in [0.1, 0.15) is 5.82 Å². The van der Waals surface area contributed by atoms with Gasteiger partial charge in [-0.2, -0.15) is 0 Å². The van der Waals surface area contributed by atoms with Gasteiger partial charge in [0.15, 0.2) is 0 Å². The molecule has 116 valence electrons. The molecule has 21 heavy (non-hydrogen) atoms. The molecule has 0 N–H and O–H groups in total. The van der Waals surface area contributed by atoms with Crippen LogP contribution in [-0.2, 0) is 0 Å². The van der Waals surface area contributed by atoms with Crippen LogP contribution in [0.25, 0.3) is 0 Å². The molecule has 2 aliphatic heterocycles. The molecule has 2 aliphatic rings. The number of hydrogen-bond donors (Lipinski definition) is 0. The molecule has 1 aromatic heterocycles. The van der Waals surface area contributed by atoms with Crippen LogP contribution in [0.15, 0.2) is 18.3 Å². The van der Waals surface area contributed by atoms with Crippen molar-refractivity contribution < 1.29 is 0 Å². The molecule has 3 rings (SSSR count). The average molecular weight is 287 g/mol.